The molecule has 3 N–H and O–H groups in total. The highest BCUT2D eigenvalue weighted by molar-refractivity contribution is 7.89. The van der Waals surface area contributed by atoms with Crippen molar-refractivity contribution < 1.29 is 13.3 Å². The average molecular weight is 301 g/mol. The number of hydrogen-bond donors (Lipinski definition) is 2. The molecule has 112 valence electrons. The molecule has 8 heteroatoms. The smallest absolute Gasteiger partial charge is 0.271 e. The first-order chi connectivity index (χ1) is 9.19. The standard InChI is InChI=1S/C12H19N3O4S/c1-4-10(13)7-14-20(18,19)12-6-11(15(16)17)5-8(2)9(12)3/h5-6,10,14H,4,7,13H2,1-3H3. The summed E-state index contributed by atoms with van der Waals surface area (Å²) >= 11 is 0. The normalized spacial score (nSPS) is 13.2. The molecule has 1 aromatic carbocycles. The molecule has 0 aliphatic carbocycles. The lowest BCUT2D eigenvalue weighted by molar-refractivity contribution is -0.385. The molecule has 1 aromatic rings. The van der Waals surface area contributed by atoms with E-state index in [0.717, 1.165) is 6.07 Å². The van der Waals surface area contributed by atoms with Crippen molar-refractivity contribution in [3.05, 3.63) is 33.4 Å². The lowest BCUT2D eigenvalue weighted by Crippen LogP contribution is -2.37. The first-order valence-corrected chi connectivity index (χ1v) is 7.68. The molecule has 0 aliphatic heterocycles. The summed E-state index contributed by atoms with van der Waals surface area (Å²) in [5.41, 5.74) is 6.48. The number of rotatable bonds is 6. The number of non-ortho nitro benzene ring substituents is 1. The Morgan fingerprint density at radius 1 is 1.40 bits per heavy atom. The third-order valence-electron chi connectivity index (χ3n) is 3.16. The Bertz CT molecular complexity index is 613. The van der Waals surface area contributed by atoms with Crippen molar-refractivity contribution in [2.75, 3.05) is 6.54 Å². The van der Waals surface area contributed by atoms with Crippen molar-refractivity contribution in [2.45, 2.75) is 38.1 Å². The molecule has 0 bridgehead atoms. The molecule has 0 saturated heterocycles. The minimum Gasteiger partial charge on any atom is -0.327 e. The lowest BCUT2D eigenvalue weighted by Gasteiger charge is -2.13. The molecule has 1 atom stereocenters. The van der Waals surface area contributed by atoms with E-state index in [2.05, 4.69) is 4.72 Å². The zero-order chi connectivity index (χ0) is 15.5. The molecule has 0 saturated carbocycles. The second-order valence-corrected chi connectivity index (χ2v) is 6.40. The molecular weight excluding hydrogens is 282 g/mol. The number of nitrogens with two attached hydrogens (primary N) is 1. The monoisotopic (exact) mass is 301 g/mol. The Balaban J connectivity index is 3.20. The molecule has 7 nitrogen and oxygen atoms in total. The zero-order valence-corrected chi connectivity index (χ0v) is 12.5. The molecule has 0 aromatic heterocycles. The Morgan fingerprint density at radius 2 is 2.00 bits per heavy atom. The van der Waals surface area contributed by atoms with Gasteiger partial charge < -0.3 is 5.73 Å². The number of benzene rings is 1. The summed E-state index contributed by atoms with van der Waals surface area (Å²) in [7, 11) is -3.81. The molecule has 0 heterocycles. The number of aryl methyl sites for hydroxylation is 1. The number of sulfonamides is 1. The fourth-order valence-corrected chi connectivity index (χ4v) is 3.06. The van der Waals surface area contributed by atoms with Crippen molar-refractivity contribution in [2.24, 2.45) is 5.73 Å². The van der Waals surface area contributed by atoms with Crippen LogP contribution in [-0.2, 0) is 10.0 Å². The van der Waals surface area contributed by atoms with Gasteiger partial charge in [0.2, 0.25) is 10.0 Å². The Labute approximate surface area is 118 Å². The van der Waals surface area contributed by atoms with Gasteiger partial charge in [-0.2, -0.15) is 0 Å². The van der Waals surface area contributed by atoms with Gasteiger partial charge in [-0.15, -0.1) is 0 Å². The summed E-state index contributed by atoms with van der Waals surface area (Å²) in [6.07, 6.45) is 0.634. The number of nitrogens with zero attached hydrogens (tertiary/aromatic N) is 1. The van der Waals surface area contributed by atoms with Gasteiger partial charge in [0.05, 0.1) is 9.82 Å². The summed E-state index contributed by atoms with van der Waals surface area (Å²) in [6, 6.07) is 2.14. The van der Waals surface area contributed by atoms with Gasteiger partial charge in [-0.3, -0.25) is 10.1 Å². The van der Waals surface area contributed by atoms with Crippen molar-refractivity contribution in [1.82, 2.24) is 4.72 Å². The Kier molecular flexibility index (Phi) is 5.21. The number of hydrogen-bond acceptors (Lipinski definition) is 5. The van der Waals surface area contributed by atoms with E-state index >= 15 is 0 Å². The van der Waals surface area contributed by atoms with Crippen molar-refractivity contribution in [3.8, 4) is 0 Å². The van der Waals surface area contributed by atoms with Crippen LogP contribution in [0.3, 0.4) is 0 Å². The maximum absolute atomic E-state index is 12.2. The summed E-state index contributed by atoms with van der Waals surface area (Å²) in [6.45, 7) is 5.20. The van der Waals surface area contributed by atoms with Gasteiger partial charge in [-0.05, 0) is 31.4 Å². The number of nitrogens with one attached hydrogen (secondary N) is 1. The van der Waals surface area contributed by atoms with Crippen LogP contribution in [0.5, 0.6) is 0 Å². The molecule has 1 unspecified atom stereocenters. The third-order valence-corrected chi connectivity index (χ3v) is 4.71. The Morgan fingerprint density at radius 3 is 2.50 bits per heavy atom. The second kappa shape index (κ2) is 6.29. The maximum Gasteiger partial charge on any atom is 0.271 e. The number of nitro groups is 1. The Hall–Kier alpha value is -1.51. The summed E-state index contributed by atoms with van der Waals surface area (Å²) < 4.78 is 26.8. The molecular formula is C12H19N3O4S. The van der Waals surface area contributed by atoms with Gasteiger partial charge in [0.25, 0.3) is 5.69 Å². The van der Waals surface area contributed by atoms with E-state index in [1.165, 1.54) is 6.07 Å². The maximum atomic E-state index is 12.2. The summed E-state index contributed by atoms with van der Waals surface area (Å²) in [5, 5.41) is 10.8. The SMILES string of the molecule is CCC(N)CNS(=O)(=O)c1cc([N+](=O)[O-])cc(C)c1C. The molecule has 20 heavy (non-hydrogen) atoms. The molecule has 0 fully saturated rings. The van der Waals surface area contributed by atoms with Gasteiger partial charge in [0, 0.05) is 24.7 Å². The van der Waals surface area contributed by atoms with Crippen LogP contribution < -0.4 is 10.5 Å². The highest BCUT2D eigenvalue weighted by atomic mass is 32.2. The van der Waals surface area contributed by atoms with Crippen molar-refractivity contribution in [1.29, 1.82) is 0 Å². The highest BCUT2D eigenvalue weighted by Gasteiger charge is 2.22. The fourth-order valence-electron chi connectivity index (χ4n) is 1.63. The van der Waals surface area contributed by atoms with Gasteiger partial charge >= 0.3 is 0 Å². The average Bonchev–Trinajstić information content (AvgIpc) is 2.38. The summed E-state index contributed by atoms with van der Waals surface area (Å²) in [4.78, 5) is 10.1. The second-order valence-electron chi connectivity index (χ2n) is 4.66. The van der Waals surface area contributed by atoms with Gasteiger partial charge in [-0.1, -0.05) is 6.92 Å². The summed E-state index contributed by atoms with van der Waals surface area (Å²) in [5.74, 6) is 0. The molecule has 0 radical (unpaired) electrons. The first-order valence-electron chi connectivity index (χ1n) is 6.20. The van der Waals surface area contributed by atoms with Crippen LogP contribution >= 0.6 is 0 Å². The van der Waals surface area contributed by atoms with Gasteiger partial charge in [0.1, 0.15) is 0 Å². The van der Waals surface area contributed by atoms with E-state index in [9.17, 15) is 18.5 Å². The van der Waals surface area contributed by atoms with Crippen LogP contribution in [0.15, 0.2) is 17.0 Å². The van der Waals surface area contributed by atoms with Crippen LogP contribution in [0.4, 0.5) is 5.69 Å². The van der Waals surface area contributed by atoms with Crippen LogP contribution in [-0.4, -0.2) is 25.9 Å². The van der Waals surface area contributed by atoms with Crippen LogP contribution in [0.2, 0.25) is 0 Å². The van der Waals surface area contributed by atoms with E-state index in [0.29, 0.717) is 17.5 Å². The molecule has 0 spiro atoms. The predicted octanol–water partition coefficient (Wildman–Crippen LogP) is 1.23. The van der Waals surface area contributed by atoms with Gasteiger partial charge in [-0.25, -0.2) is 13.1 Å². The molecule has 0 amide bonds. The van der Waals surface area contributed by atoms with Crippen molar-refractivity contribution >= 4 is 15.7 Å². The van der Waals surface area contributed by atoms with E-state index in [-0.39, 0.29) is 23.2 Å². The van der Waals surface area contributed by atoms with Crippen LogP contribution in [0.25, 0.3) is 0 Å². The number of nitro benzene ring substituents is 1. The zero-order valence-electron chi connectivity index (χ0n) is 11.7. The fraction of sp³-hybridized carbons (Fsp3) is 0.500. The largest absolute Gasteiger partial charge is 0.327 e. The van der Waals surface area contributed by atoms with E-state index in [1.54, 1.807) is 13.8 Å². The molecule has 0 aliphatic rings. The molecule has 1 rings (SSSR count). The van der Waals surface area contributed by atoms with Crippen LogP contribution in [0.1, 0.15) is 24.5 Å². The lowest BCUT2D eigenvalue weighted by atomic mass is 10.1. The third kappa shape index (κ3) is 3.75. The quantitative estimate of drug-likeness (QED) is 0.605. The van der Waals surface area contributed by atoms with Gasteiger partial charge in [0.15, 0.2) is 0 Å². The topological polar surface area (TPSA) is 115 Å². The van der Waals surface area contributed by atoms with E-state index in [4.69, 9.17) is 5.73 Å². The minimum absolute atomic E-state index is 0.0764. The minimum atomic E-state index is -3.81. The predicted molar refractivity (Wildman–Crippen MR) is 76.0 cm³/mol. The van der Waals surface area contributed by atoms with Crippen molar-refractivity contribution in [3.63, 3.8) is 0 Å². The highest BCUT2D eigenvalue weighted by Crippen LogP contribution is 2.25. The van der Waals surface area contributed by atoms with E-state index < -0.39 is 14.9 Å². The van der Waals surface area contributed by atoms with Crippen LogP contribution in [0, 0.1) is 24.0 Å². The first kappa shape index (κ1) is 16.5. The van der Waals surface area contributed by atoms with E-state index in [1.807, 2.05) is 6.92 Å².